The molecule has 0 radical (unpaired) electrons. The molecular weight excluding hydrogens is 231 g/mol. The topological polar surface area (TPSA) is 65.0 Å². The van der Waals surface area contributed by atoms with E-state index in [2.05, 4.69) is 6.92 Å². The van der Waals surface area contributed by atoms with Crippen molar-refractivity contribution in [1.82, 2.24) is 0 Å². The molecule has 6 heteroatoms. The van der Waals surface area contributed by atoms with E-state index in [-0.39, 0.29) is 24.9 Å². The summed E-state index contributed by atoms with van der Waals surface area (Å²) in [5, 5.41) is 0. The maximum absolute atomic E-state index is 11.4. The van der Waals surface area contributed by atoms with E-state index >= 15 is 0 Å². The number of hydrogen-bond donors (Lipinski definition) is 1. The lowest BCUT2D eigenvalue weighted by Crippen LogP contribution is -2.16. The number of hydrogen-bond acceptors (Lipinski definition) is 4. The molecule has 96 valence electrons. The predicted molar refractivity (Wildman–Crippen MR) is 60.1 cm³/mol. The lowest BCUT2D eigenvalue weighted by molar-refractivity contribution is 0.00841. The standard InChI is InChI=1S/C10H21O5P/c1-7(2)15-16(11,12)13-6-10-5-8(3)9(4)14-10/h7-10H,5-6H2,1-4H3,(H,11,12). The fourth-order valence-electron chi connectivity index (χ4n) is 1.68. The van der Waals surface area contributed by atoms with Gasteiger partial charge in [-0.2, -0.15) is 0 Å². The van der Waals surface area contributed by atoms with Gasteiger partial charge in [0.2, 0.25) is 0 Å². The molecule has 0 aromatic carbocycles. The Hall–Kier alpha value is 0.0700. The van der Waals surface area contributed by atoms with E-state index in [0.29, 0.717) is 5.92 Å². The highest BCUT2D eigenvalue weighted by Gasteiger charge is 2.32. The zero-order chi connectivity index (χ0) is 12.3. The van der Waals surface area contributed by atoms with E-state index in [1.54, 1.807) is 13.8 Å². The third-order valence-corrected chi connectivity index (χ3v) is 3.77. The minimum absolute atomic E-state index is 0.106. The molecule has 1 saturated heterocycles. The Morgan fingerprint density at radius 1 is 1.50 bits per heavy atom. The van der Waals surface area contributed by atoms with Gasteiger partial charge in [0.15, 0.2) is 0 Å². The van der Waals surface area contributed by atoms with Gasteiger partial charge in [0.05, 0.1) is 24.9 Å². The Bertz CT molecular complexity index is 258. The van der Waals surface area contributed by atoms with E-state index < -0.39 is 7.82 Å². The summed E-state index contributed by atoms with van der Waals surface area (Å²) in [4.78, 5) is 9.33. The summed E-state index contributed by atoms with van der Waals surface area (Å²) in [6.07, 6.45) is 0.583. The van der Waals surface area contributed by atoms with Crippen LogP contribution in [0.3, 0.4) is 0 Å². The fraction of sp³-hybridized carbons (Fsp3) is 1.00. The molecule has 1 aliphatic rings. The second kappa shape index (κ2) is 5.61. The molecule has 1 N–H and O–H groups in total. The molecule has 0 bridgehead atoms. The van der Waals surface area contributed by atoms with E-state index in [1.165, 1.54) is 0 Å². The van der Waals surface area contributed by atoms with Crippen LogP contribution in [0.25, 0.3) is 0 Å². The third-order valence-electron chi connectivity index (χ3n) is 2.61. The molecule has 16 heavy (non-hydrogen) atoms. The second-order valence-corrected chi connectivity index (χ2v) is 6.00. The fourth-order valence-corrected chi connectivity index (χ4v) is 2.63. The lowest BCUT2D eigenvalue weighted by Gasteiger charge is -2.17. The van der Waals surface area contributed by atoms with E-state index in [9.17, 15) is 9.46 Å². The molecule has 4 unspecified atom stereocenters. The van der Waals surface area contributed by atoms with Crippen molar-refractivity contribution in [2.24, 2.45) is 5.92 Å². The Morgan fingerprint density at radius 3 is 2.56 bits per heavy atom. The van der Waals surface area contributed by atoms with Crippen molar-refractivity contribution in [3.63, 3.8) is 0 Å². The van der Waals surface area contributed by atoms with Crippen LogP contribution >= 0.6 is 7.82 Å². The van der Waals surface area contributed by atoms with Crippen LogP contribution < -0.4 is 0 Å². The molecule has 1 heterocycles. The molecule has 4 atom stereocenters. The van der Waals surface area contributed by atoms with Crippen LogP contribution in [0.2, 0.25) is 0 Å². The van der Waals surface area contributed by atoms with Crippen LogP contribution in [-0.2, 0) is 18.3 Å². The van der Waals surface area contributed by atoms with Crippen molar-refractivity contribution in [3.8, 4) is 0 Å². The first kappa shape index (κ1) is 14.1. The molecule has 1 fully saturated rings. The summed E-state index contributed by atoms with van der Waals surface area (Å²) in [7, 11) is -3.92. The van der Waals surface area contributed by atoms with Gasteiger partial charge in [-0.15, -0.1) is 0 Å². The van der Waals surface area contributed by atoms with Crippen molar-refractivity contribution in [2.75, 3.05) is 6.61 Å². The predicted octanol–water partition coefficient (Wildman–Crippen LogP) is 2.34. The molecule has 0 aromatic rings. The maximum Gasteiger partial charge on any atom is 0.472 e. The van der Waals surface area contributed by atoms with Gasteiger partial charge in [0, 0.05) is 0 Å². The van der Waals surface area contributed by atoms with Crippen LogP contribution in [-0.4, -0.2) is 29.8 Å². The molecule has 0 spiro atoms. The van der Waals surface area contributed by atoms with Crippen molar-refractivity contribution in [2.45, 2.75) is 52.4 Å². The Labute approximate surface area is 96.7 Å². The summed E-state index contributed by atoms with van der Waals surface area (Å²) in [5.41, 5.74) is 0. The summed E-state index contributed by atoms with van der Waals surface area (Å²) in [6.45, 7) is 7.56. The Morgan fingerprint density at radius 2 is 2.12 bits per heavy atom. The highest BCUT2D eigenvalue weighted by Crippen LogP contribution is 2.45. The lowest BCUT2D eigenvalue weighted by atomic mass is 10.0. The van der Waals surface area contributed by atoms with Crippen molar-refractivity contribution < 1.29 is 23.2 Å². The van der Waals surface area contributed by atoms with Gasteiger partial charge in [-0.25, -0.2) is 4.57 Å². The van der Waals surface area contributed by atoms with E-state index in [1.807, 2.05) is 6.92 Å². The van der Waals surface area contributed by atoms with Gasteiger partial charge in [-0.3, -0.25) is 9.05 Å². The van der Waals surface area contributed by atoms with Gasteiger partial charge in [-0.05, 0) is 33.1 Å². The molecular formula is C10H21O5P. The summed E-state index contributed by atoms with van der Waals surface area (Å²) in [5.74, 6) is 0.456. The minimum atomic E-state index is -3.92. The van der Waals surface area contributed by atoms with Gasteiger partial charge >= 0.3 is 7.82 Å². The average molecular weight is 252 g/mol. The number of phosphoric ester groups is 1. The third kappa shape index (κ3) is 4.52. The second-order valence-electron chi connectivity index (χ2n) is 4.59. The van der Waals surface area contributed by atoms with Crippen LogP contribution in [0.4, 0.5) is 0 Å². The smallest absolute Gasteiger partial charge is 0.373 e. The van der Waals surface area contributed by atoms with Gasteiger partial charge in [-0.1, -0.05) is 6.92 Å². The monoisotopic (exact) mass is 252 g/mol. The Balaban J connectivity index is 2.32. The molecule has 0 aliphatic carbocycles. The van der Waals surface area contributed by atoms with E-state index in [0.717, 1.165) is 6.42 Å². The van der Waals surface area contributed by atoms with Crippen molar-refractivity contribution in [3.05, 3.63) is 0 Å². The van der Waals surface area contributed by atoms with Crippen molar-refractivity contribution in [1.29, 1.82) is 0 Å². The van der Waals surface area contributed by atoms with Gasteiger partial charge in [0.1, 0.15) is 0 Å². The summed E-state index contributed by atoms with van der Waals surface area (Å²) < 4.78 is 26.6. The first-order valence-electron chi connectivity index (χ1n) is 5.61. The highest BCUT2D eigenvalue weighted by atomic mass is 31.2. The van der Waals surface area contributed by atoms with Crippen LogP contribution in [0.15, 0.2) is 0 Å². The molecule has 0 aromatic heterocycles. The normalized spacial score (nSPS) is 34.2. The molecule has 0 amide bonds. The zero-order valence-corrected chi connectivity index (χ0v) is 11.1. The molecule has 1 aliphatic heterocycles. The van der Waals surface area contributed by atoms with Gasteiger partial charge in [0.25, 0.3) is 0 Å². The Kier molecular flexibility index (Phi) is 4.95. The van der Waals surface area contributed by atoms with Crippen LogP contribution in [0.1, 0.15) is 34.1 Å². The SMILES string of the molecule is CC(C)OP(=O)(O)OCC1CC(C)C(C)O1. The number of ether oxygens (including phenoxy) is 1. The summed E-state index contributed by atoms with van der Waals surface area (Å²) in [6, 6.07) is 0. The quantitative estimate of drug-likeness (QED) is 0.761. The highest BCUT2D eigenvalue weighted by molar-refractivity contribution is 7.47. The average Bonchev–Trinajstić information content (AvgIpc) is 2.41. The van der Waals surface area contributed by atoms with Crippen molar-refractivity contribution >= 4 is 7.82 Å². The number of phosphoric acid groups is 1. The summed E-state index contributed by atoms with van der Waals surface area (Å²) >= 11 is 0. The van der Waals surface area contributed by atoms with Crippen LogP contribution in [0.5, 0.6) is 0 Å². The molecule has 0 saturated carbocycles. The van der Waals surface area contributed by atoms with E-state index in [4.69, 9.17) is 13.8 Å². The molecule has 1 rings (SSSR count). The first-order valence-corrected chi connectivity index (χ1v) is 7.11. The maximum atomic E-state index is 11.4. The zero-order valence-electron chi connectivity index (χ0n) is 10.3. The minimum Gasteiger partial charge on any atom is -0.373 e. The molecule has 5 nitrogen and oxygen atoms in total. The first-order chi connectivity index (χ1) is 7.30. The number of rotatable bonds is 5. The van der Waals surface area contributed by atoms with Crippen LogP contribution in [0, 0.1) is 5.92 Å². The van der Waals surface area contributed by atoms with Gasteiger partial charge < -0.3 is 9.63 Å². The largest absolute Gasteiger partial charge is 0.472 e.